The van der Waals surface area contributed by atoms with Gasteiger partial charge >= 0.3 is 5.97 Å². The summed E-state index contributed by atoms with van der Waals surface area (Å²) in [5, 5.41) is 9.20. The quantitative estimate of drug-likeness (QED) is 0.288. The predicted octanol–water partition coefficient (Wildman–Crippen LogP) is 5.68. The van der Waals surface area contributed by atoms with Gasteiger partial charge in [0.25, 0.3) is 0 Å². The Hall–Kier alpha value is -1.09. The van der Waals surface area contributed by atoms with Crippen molar-refractivity contribution >= 4 is 67.1 Å². The van der Waals surface area contributed by atoms with Gasteiger partial charge in [-0.15, -0.1) is 0 Å². The van der Waals surface area contributed by atoms with Crippen LogP contribution in [0.3, 0.4) is 0 Å². The van der Waals surface area contributed by atoms with Crippen LogP contribution < -0.4 is 4.74 Å². The van der Waals surface area contributed by atoms with E-state index in [1.54, 1.807) is 13.0 Å². The number of allylic oxidation sites excluding steroid dienone is 1. The molecule has 0 saturated heterocycles. The second-order valence-electron chi connectivity index (χ2n) is 5.89. The Morgan fingerprint density at radius 2 is 1.97 bits per heavy atom. The Kier molecular flexibility index (Phi) is 10.5. The van der Waals surface area contributed by atoms with Gasteiger partial charge in [-0.1, -0.05) is 17.9 Å². The number of carbonyl (C=O) groups is 1. The van der Waals surface area contributed by atoms with Gasteiger partial charge in [0, 0.05) is 25.7 Å². The molecule has 0 saturated carbocycles. The monoisotopic (exact) mass is 680 g/mol. The van der Waals surface area contributed by atoms with Crippen molar-refractivity contribution in [2.75, 3.05) is 13.2 Å². The Balaban J connectivity index is 1.90. The van der Waals surface area contributed by atoms with E-state index < -0.39 is 12.1 Å². The van der Waals surface area contributed by atoms with Gasteiger partial charge in [0.15, 0.2) is 6.10 Å². The highest BCUT2D eigenvalue weighted by Crippen LogP contribution is 2.27. The molecule has 0 radical (unpaired) electrons. The first kappa shape index (κ1) is 24.2. The smallest absolute Gasteiger partial charge is 0.333 e. The van der Waals surface area contributed by atoms with Crippen LogP contribution in [0, 0.1) is 19.0 Å². The lowest BCUT2D eigenvalue weighted by Gasteiger charge is -2.13. The standard InChI is InChI=1S/C22H19BrI2O4/c1-2-28-21(22(26)27)13-16-7-8-20(19(23)12-16)29-9-5-3-4-6-15-10-17(24)14-18(25)11-15/h3,5,7-8,10-12,14,21H,2,9,13H2,1H3,(H,26,27)/b5-3-/t21-/m0/s1. The van der Waals surface area contributed by atoms with Crippen LogP contribution in [0.1, 0.15) is 18.1 Å². The fraction of sp³-hybridized carbons (Fsp3) is 0.227. The SMILES string of the molecule is CCO[C@@H](Cc1ccc(OC/C=C\C#Cc2cc(I)cc(I)c2)c(Br)c1)C(=O)O. The molecule has 0 aliphatic rings. The molecule has 2 rings (SSSR count). The highest BCUT2D eigenvalue weighted by atomic mass is 127. The van der Waals surface area contributed by atoms with E-state index in [4.69, 9.17) is 9.47 Å². The first-order valence-electron chi connectivity index (χ1n) is 8.77. The fourth-order valence-electron chi connectivity index (χ4n) is 2.42. The predicted molar refractivity (Wildman–Crippen MR) is 134 cm³/mol. The molecule has 1 N–H and O–H groups in total. The maximum Gasteiger partial charge on any atom is 0.333 e. The molecule has 0 spiro atoms. The molecule has 0 heterocycles. The molecule has 0 bridgehead atoms. The van der Waals surface area contributed by atoms with E-state index in [0.717, 1.165) is 22.7 Å². The number of benzene rings is 2. The van der Waals surface area contributed by atoms with Gasteiger partial charge in [0.05, 0.1) is 4.47 Å². The van der Waals surface area contributed by atoms with Gasteiger partial charge in [-0.25, -0.2) is 4.79 Å². The third-order valence-electron chi connectivity index (χ3n) is 3.68. The summed E-state index contributed by atoms with van der Waals surface area (Å²) >= 11 is 8.03. The number of carboxylic acid groups (broad SMARTS) is 1. The average molecular weight is 681 g/mol. The van der Waals surface area contributed by atoms with Crippen LogP contribution in [0.15, 0.2) is 53.0 Å². The van der Waals surface area contributed by atoms with Crippen molar-refractivity contribution in [3.8, 4) is 17.6 Å². The number of aliphatic carboxylic acids is 1. The van der Waals surface area contributed by atoms with E-state index in [-0.39, 0.29) is 0 Å². The van der Waals surface area contributed by atoms with Crippen molar-refractivity contribution in [3.05, 3.63) is 71.3 Å². The third kappa shape index (κ3) is 8.66. The summed E-state index contributed by atoms with van der Waals surface area (Å²) in [5.41, 5.74) is 1.84. The molecular formula is C22H19BrI2O4. The van der Waals surface area contributed by atoms with Crippen molar-refractivity contribution < 1.29 is 19.4 Å². The molecule has 2 aromatic rings. The second kappa shape index (κ2) is 12.6. The summed E-state index contributed by atoms with van der Waals surface area (Å²) in [6, 6.07) is 11.7. The summed E-state index contributed by atoms with van der Waals surface area (Å²) in [4.78, 5) is 11.2. The van der Waals surface area contributed by atoms with Crippen molar-refractivity contribution in [1.82, 2.24) is 0 Å². The zero-order valence-corrected chi connectivity index (χ0v) is 21.5. The lowest BCUT2D eigenvalue weighted by molar-refractivity contribution is -0.149. The zero-order chi connectivity index (χ0) is 21.2. The summed E-state index contributed by atoms with van der Waals surface area (Å²) < 4.78 is 14.1. The zero-order valence-electron chi connectivity index (χ0n) is 15.6. The fourth-order valence-corrected chi connectivity index (χ4v) is 4.90. The molecule has 0 fully saturated rings. The molecule has 0 aliphatic carbocycles. The summed E-state index contributed by atoms with van der Waals surface area (Å²) in [7, 11) is 0. The maximum absolute atomic E-state index is 11.2. The molecule has 0 aromatic heterocycles. The van der Waals surface area contributed by atoms with E-state index in [1.807, 2.05) is 36.4 Å². The van der Waals surface area contributed by atoms with Crippen LogP contribution in [-0.2, 0) is 16.0 Å². The molecule has 0 amide bonds. The summed E-state index contributed by atoms with van der Waals surface area (Å²) in [6.07, 6.45) is 3.07. The molecule has 2 aromatic carbocycles. The highest BCUT2D eigenvalue weighted by molar-refractivity contribution is 14.1. The minimum absolute atomic E-state index is 0.301. The van der Waals surface area contributed by atoms with Crippen molar-refractivity contribution in [2.45, 2.75) is 19.4 Å². The minimum Gasteiger partial charge on any atom is -0.488 e. The lowest BCUT2D eigenvalue weighted by atomic mass is 10.1. The van der Waals surface area contributed by atoms with E-state index >= 15 is 0 Å². The molecule has 152 valence electrons. The van der Waals surface area contributed by atoms with Gasteiger partial charge in [-0.2, -0.15) is 0 Å². The molecule has 1 atom stereocenters. The molecule has 29 heavy (non-hydrogen) atoms. The number of rotatable bonds is 8. The number of carboxylic acids is 1. The Bertz CT molecular complexity index is 927. The summed E-state index contributed by atoms with van der Waals surface area (Å²) in [6.45, 7) is 2.52. The van der Waals surface area contributed by atoms with E-state index in [0.29, 0.717) is 25.4 Å². The molecular weight excluding hydrogens is 662 g/mol. The van der Waals surface area contributed by atoms with E-state index in [1.165, 1.54) is 0 Å². The molecule has 0 unspecified atom stereocenters. The topological polar surface area (TPSA) is 55.8 Å². The molecule has 0 aliphatic heterocycles. The molecule has 4 nitrogen and oxygen atoms in total. The van der Waals surface area contributed by atoms with Gasteiger partial charge in [0.1, 0.15) is 12.4 Å². The Morgan fingerprint density at radius 1 is 1.24 bits per heavy atom. The maximum atomic E-state index is 11.2. The largest absolute Gasteiger partial charge is 0.488 e. The van der Waals surface area contributed by atoms with Crippen molar-refractivity contribution in [2.24, 2.45) is 0 Å². The van der Waals surface area contributed by atoms with Crippen LogP contribution >= 0.6 is 61.1 Å². The first-order chi connectivity index (χ1) is 13.9. The number of ether oxygens (including phenoxy) is 2. The number of halogens is 3. The van der Waals surface area contributed by atoms with Crippen LogP contribution in [0.2, 0.25) is 0 Å². The molecule has 7 heteroatoms. The normalized spacial score (nSPS) is 11.7. The number of hydrogen-bond donors (Lipinski definition) is 1. The second-order valence-corrected chi connectivity index (χ2v) is 9.24. The number of hydrogen-bond acceptors (Lipinski definition) is 3. The summed E-state index contributed by atoms with van der Waals surface area (Å²) in [5.74, 6) is 5.84. The Morgan fingerprint density at radius 3 is 2.59 bits per heavy atom. The van der Waals surface area contributed by atoms with E-state index in [9.17, 15) is 9.90 Å². The van der Waals surface area contributed by atoms with Gasteiger partial charge in [-0.05, 0) is 116 Å². The van der Waals surface area contributed by atoms with Gasteiger partial charge in [0.2, 0.25) is 0 Å². The van der Waals surface area contributed by atoms with Crippen molar-refractivity contribution in [3.63, 3.8) is 0 Å². The van der Waals surface area contributed by atoms with Crippen LogP contribution in [0.4, 0.5) is 0 Å². The van der Waals surface area contributed by atoms with Crippen LogP contribution in [0.5, 0.6) is 5.75 Å². The van der Waals surface area contributed by atoms with Gasteiger partial charge < -0.3 is 14.6 Å². The van der Waals surface area contributed by atoms with Crippen molar-refractivity contribution in [1.29, 1.82) is 0 Å². The third-order valence-corrected chi connectivity index (χ3v) is 5.54. The lowest BCUT2D eigenvalue weighted by Crippen LogP contribution is -2.26. The first-order valence-corrected chi connectivity index (χ1v) is 11.7. The van der Waals surface area contributed by atoms with Gasteiger partial charge in [-0.3, -0.25) is 0 Å². The highest BCUT2D eigenvalue weighted by Gasteiger charge is 2.18. The average Bonchev–Trinajstić information content (AvgIpc) is 2.64. The van der Waals surface area contributed by atoms with Crippen LogP contribution in [0.25, 0.3) is 0 Å². The van der Waals surface area contributed by atoms with E-state index in [2.05, 4.69) is 79.0 Å². The van der Waals surface area contributed by atoms with Crippen LogP contribution in [-0.4, -0.2) is 30.4 Å². The Labute approximate surface area is 206 Å². The minimum atomic E-state index is -0.963.